The number of hydrogen-bond acceptors (Lipinski definition) is 4. The number of fused-ring (bicyclic) bond motifs is 1. The van der Waals surface area contributed by atoms with Crippen molar-refractivity contribution >= 4 is 29.1 Å². The summed E-state index contributed by atoms with van der Waals surface area (Å²) in [7, 11) is 4.42. The molecule has 0 spiro atoms. The smallest absolute Gasteiger partial charge is 0.113 e. The summed E-state index contributed by atoms with van der Waals surface area (Å²) in [6, 6.07) is 17.6. The minimum atomic E-state index is 0. The second-order valence-corrected chi connectivity index (χ2v) is 7.25. The number of benzene rings is 2. The van der Waals surface area contributed by atoms with Crippen molar-refractivity contribution in [3.8, 4) is 0 Å². The summed E-state index contributed by atoms with van der Waals surface area (Å²) in [5, 5.41) is 14.5. The summed E-state index contributed by atoms with van der Waals surface area (Å²) in [4.78, 5) is 2.40. The van der Waals surface area contributed by atoms with Crippen LogP contribution in [0.2, 0.25) is 0 Å². The molecule has 1 fully saturated rings. The van der Waals surface area contributed by atoms with Crippen molar-refractivity contribution in [3.63, 3.8) is 0 Å². The van der Waals surface area contributed by atoms with Gasteiger partial charge in [0.2, 0.25) is 0 Å². The molecule has 1 aromatic heterocycles. The summed E-state index contributed by atoms with van der Waals surface area (Å²) >= 11 is 0. The molecule has 0 amide bonds. The average Bonchev–Trinajstić information content (AvgIpc) is 3.11. The van der Waals surface area contributed by atoms with Crippen LogP contribution in [0.3, 0.4) is 0 Å². The van der Waals surface area contributed by atoms with E-state index in [1.165, 1.54) is 5.56 Å². The summed E-state index contributed by atoms with van der Waals surface area (Å²) in [5.74, 6) is 0. The molecule has 1 heterocycles. The normalized spacial score (nSPS) is 23.0. The maximum absolute atomic E-state index is 4.04. The zero-order valence-corrected chi connectivity index (χ0v) is 16.1. The molecule has 0 aliphatic heterocycles. The van der Waals surface area contributed by atoms with E-state index in [4.69, 9.17) is 0 Å². The van der Waals surface area contributed by atoms with E-state index >= 15 is 0 Å². The van der Waals surface area contributed by atoms with Gasteiger partial charge in [0.15, 0.2) is 0 Å². The lowest BCUT2D eigenvalue weighted by atomic mass is 9.74. The van der Waals surface area contributed by atoms with Crippen LogP contribution in [0.1, 0.15) is 31.2 Å². The van der Waals surface area contributed by atoms with E-state index in [1.807, 2.05) is 6.07 Å². The second-order valence-electron chi connectivity index (χ2n) is 7.25. The van der Waals surface area contributed by atoms with Crippen molar-refractivity contribution < 1.29 is 0 Å². The first-order chi connectivity index (χ1) is 12.2. The number of rotatable bonds is 4. The molecule has 2 aromatic carbocycles. The SMILES string of the molecule is CN(C)C1(c2ccccc2)CCC(Nc2ccc3nn[nH]c3c2)CC1.Cl. The molecule has 0 bridgehead atoms. The number of aromatic amines is 1. The molecule has 0 atom stereocenters. The van der Waals surface area contributed by atoms with Crippen LogP contribution in [-0.4, -0.2) is 40.4 Å². The Balaban J connectivity index is 0.00000196. The minimum Gasteiger partial charge on any atom is -0.382 e. The van der Waals surface area contributed by atoms with E-state index in [1.54, 1.807) is 0 Å². The molecule has 5 nitrogen and oxygen atoms in total. The third-order valence-electron chi connectivity index (χ3n) is 5.68. The molecule has 1 aliphatic carbocycles. The van der Waals surface area contributed by atoms with Crippen molar-refractivity contribution in [1.82, 2.24) is 20.3 Å². The Morgan fingerprint density at radius 1 is 1.08 bits per heavy atom. The number of nitrogens with zero attached hydrogens (tertiary/aromatic N) is 3. The largest absolute Gasteiger partial charge is 0.382 e. The zero-order valence-electron chi connectivity index (χ0n) is 15.3. The van der Waals surface area contributed by atoms with Gasteiger partial charge in [-0.2, -0.15) is 0 Å². The van der Waals surface area contributed by atoms with Crippen LogP contribution in [0.5, 0.6) is 0 Å². The number of hydrogen-bond donors (Lipinski definition) is 2. The Morgan fingerprint density at radius 2 is 1.81 bits per heavy atom. The van der Waals surface area contributed by atoms with Crippen molar-refractivity contribution in [3.05, 3.63) is 54.1 Å². The van der Waals surface area contributed by atoms with Gasteiger partial charge in [-0.15, -0.1) is 17.5 Å². The molecular formula is C20H26ClN5. The molecule has 138 valence electrons. The van der Waals surface area contributed by atoms with Gasteiger partial charge in [0, 0.05) is 17.3 Å². The fraction of sp³-hybridized carbons (Fsp3) is 0.400. The highest BCUT2D eigenvalue weighted by Crippen LogP contribution is 2.41. The summed E-state index contributed by atoms with van der Waals surface area (Å²) in [6.07, 6.45) is 4.64. The Kier molecular flexibility index (Phi) is 5.49. The Hall–Kier alpha value is -2.11. The first kappa shape index (κ1) is 18.7. The Morgan fingerprint density at radius 3 is 2.50 bits per heavy atom. The van der Waals surface area contributed by atoms with E-state index in [0.717, 1.165) is 42.4 Å². The van der Waals surface area contributed by atoms with Crippen LogP contribution < -0.4 is 5.32 Å². The minimum absolute atomic E-state index is 0. The Bertz CT molecular complexity index is 838. The van der Waals surface area contributed by atoms with E-state index < -0.39 is 0 Å². The number of anilines is 1. The van der Waals surface area contributed by atoms with Gasteiger partial charge in [0.05, 0.1) is 5.52 Å². The fourth-order valence-corrected chi connectivity index (χ4v) is 4.15. The molecule has 0 unspecified atom stereocenters. The summed E-state index contributed by atoms with van der Waals surface area (Å²) < 4.78 is 0. The third-order valence-corrected chi connectivity index (χ3v) is 5.68. The fourth-order valence-electron chi connectivity index (χ4n) is 4.15. The molecule has 26 heavy (non-hydrogen) atoms. The van der Waals surface area contributed by atoms with Gasteiger partial charge in [-0.1, -0.05) is 35.5 Å². The van der Waals surface area contributed by atoms with Crippen LogP contribution in [0.15, 0.2) is 48.5 Å². The number of nitrogens with one attached hydrogen (secondary N) is 2. The van der Waals surface area contributed by atoms with E-state index in [-0.39, 0.29) is 17.9 Å². The standard InChI is InChI=1S/C20H25N5.ClH/c1-25(2)20(15-6-4-3-5-7-15)12-10-16(11-13-20)21-17-8-9-18-19(14-17)23-24-22-18;/h3-9,14,16,21H,10-13H2,1-2H3,(H,22,23,24);1H. The van der Waals surface area contributed by atoms with Crippen LogP contribution in [0, 0.1) is 0 Å². The number of halogens is 1. The first-order valence-corrected chi connectivity index (χ1v) is 8.98. The predicted octanol–water partition coefficient (Wildman–Crippen LogP) is 4.19. The van der Waals surface area contributed by atoms with Gasteiger partial charge in [0.1, 0.15) is 5.52 Å². The van der Waals surface area contributed by atoms with Crippen LogP contribution >= 0.6 is 12.4 Å². The summed E-state index contributed by atoms with van der Waals surface area (Å²) in [5.41, 5.74) is 4.61. The molecule has 2 N–H and O–H groups in total. The van der Waals surface area contributed by atoms with Crippen molar-refractivity contribution in [2.45, 2.75) is 37.3 Å². The van der Waals surface area contributed by atoms with Gasteiger partial charge in [-0.05, 0) is 63.5 Å². The number of H-pyrrole nitrogens is 1. The Labute approximate surface area is 160 Å². The first-order valence-electron chi connectivity index (χ1n) is 8.98. The highest BCUT2D eigenvalue weighted by molar-refractivity contribution is 5.85. The summed E-state index contributed by atoms with van der Waals surface area (Å²) in [6.45, 7) is 0. The second kappa shape index (κ2) is 7.64. The van der Waals surface area contributed by atoms with Gasteiger partial charge in [-0.3, -0.25) is 10.00 Å². The highest BCUT2D eigenvalue weighted by Gasteiger charge is 2.38. The van der Waals surface area contributed by atoms with Crippen molar-refractivity contribution in [2.75, 3.05) is 19.4 Å². The molecule has 4 rings (SSSR count). The van der Waals surface area contributed by atoms with Crippen LogP contribution in [-0.2, 0) is 5.54 Å². The maximum Gasteiger partial charge on any atom is 0.113 e. The number of aromatic nitrogens is 3. The molecule has 1 aliphatic rings. The van der Waals surface area contributed by atoms with Gasteiger partial charge < -0.3 is 5.32 Å². The average molecular weight is 372 g/mol. The topological polar surface area (TPSA) is 56.8 Å². The van der Waals surface area contributed by atoms with Gasteiger partial charge in [0.25, 0.3) is 0 Å². The lowest BCUT2D eigenvalue weighted by Crippen LogP contribution is -2.46. The quantitative estimate of drug-likeness (QED) is 0.722. The van der Waals surface area contributed by atoms with Crippen LogP contribution in [0.25, 0.3) is 11.0 Å². The van der Waals surface area contributed by atoms with E-state index in [2.05, 4.69) is 82.2 Å². The highest BCUT2D eigenvalue weighted by atomic mass is 35.5. The third kappa shape index (κ3) is 3.41. The zero-order chi connectivity index (χ0) is 17.3. The maximum atomic E-state index is 4.04. The molecule has 1 saturated carbocycles. The van der Waals surface area contributed by atoms with Crippen molar-refractivity contribution in [1.29, 1.82) is 0 Å². The van der Waals surface area contributed by atoms with E-state index in [0.29, 0.717) is 6.04 Å². The van der Waals surface area contributed by atoms with Crippen LogP contribution in [0.4, 0.5) is 5.69 Å². The van der Waals surface area contributed by atoms with Crippen molar-refractivity contribution in [2.24, 2.45) is 0 Å². The van der Waals surface area contributed by atoms with Gasteiger partial charge in [-0.25, -0.2) is 0 Å². The molecule has 0 saturated heterocycles. The molecule has 6 heteroatoms. The molecule has 3 aromatic rings. The lowest BCUT2D eigenvalue weighted by Gasteiger charge is -2.46. The monoisotopic (exact) mass is 371 g/mol. The molecular weight excluding hydrogens is 346 g/mol. The van der Waals surface area contributed by atoms with E-state index in [9.17, 15) is 0 Å². The predicted molar refractivity (Wildman–Crippen MR) is 109 cm³/mol. The van der Waals surface area contributed by atoms with Gasteiger partial charge >= 0.3 is 0 Å². The lowest BCUT2D eigenvalue weighted by molar-refractivity contribution is 0.0945. The molecule has 0 radical (unpaired) electrons.